The van der Waals surface area contributed by atoms with Crippen LogP contribution in [0, 0.1) is 6.92 Å². The number of carbonyl (C=O) groups is 1. The van der Waals surface area contributed by atoms with E-state index >= 15 is 0 Å². The summed E-state index contributed by atoms with van der Waals surface area (Å²) in [5.41, 5.74) is 3.23. The van der Waals surface area contributed by atoms with Crippen LogP contribution >= 0.6 is 0 Å². The van der Waals surface area contributed by atoms with Crippen molar-refractivity contribution in [1.82, 2.24) is 5.32 Å². The average molecular weight is 327 g/mol. The van der Waals surface area contributed by atoms with E-state index < -0.39 is 0 Å². The van der Waals surface area contributed by atoms with Gasteiger partial charge in [-0.25, -0.2) is 0 Å². The van der Waals surface area contributed by atoms with Crippen molar-refractivity contribution < 1.29 is 14.3 Å². The van der Waals surface area contributed by atoms with Gasteiger partial charge in [0.05, 0.1) is 26.7 Å². The Hall–Kier alpha value is -2.49. The number of aryl methyl sites for hydroxylation is 1. The summed E-state index contributed by atoms with van der Waals surface area (Å²) in [5, 5.41) is 3.11. The fraction of sp³-hybridized carbons (Fsp3) is 0.350. The highest BCUT2D eigenvalue weighted by molar-refractivity contribution is 5.79. The van der Waals surface area contributed by atoms with Crippen LogP contribution < -0.4 is 14.8 Å². The number of ether oxygens (including phenoxy) is 2. The molecule has 0 aliphatic rings. The zero-order valence-corrected chi connectivity index (χ0v) is 14.8. The summed E-state index contributed by atoms with van der Waals surface area (Å²) in [6.07, 6.45) is 1.16. The summed E-state index contributed by atoms with van der Waals surface area (Å²) in [6, 6.07) is 13.8. The first-order valence-electron chi connectivity index (χ1n) is 8.14. The highest BCUT2D eigenvalue weighted by Crippen LogP contribution is 2.27. The van der Waals surface area contributed by atoms with Crippen molar-refractivity contribution in [1.29, 1.82) is 0 Å². The van der Waals surface area contributed by atoms with Crippen LogP contribution in [-0.2, 0) is 11.2 Å². The number of hydrogen-bond donors (Lipinski definition) is 1. The number of carbonyl (C=O) groups excluding carboxylic acids is 1. The molecule has 2 rings (SSSR count). The van der Waals surface area contributed by atoms with Crippen molar-refractivity contribution in [3.05, 3.63) is 59.2 Å². The van der Waals surface area contributed by atoms with Crippen molar-refractivity contribution in [2.45, 2.75) is 32.7 Å². The molecule has 2 aromatic rings. The van der Waals surface area contributed by atoms with E-state index in [1.807, 2.05) is 18.2 Å². The summed E-state index contributed by atoms with van der Waals surface area (Å²) in [7, 11) is 3.18. The Morgan fingerprint density at radius 2 is 1.71 bits per heavy atom. The molecular formula is C20H25NO3. The number of rotatable bonds is 7. The zero-order valence-electron chi connectivity index (χ0n) is 14.8. The highest BCUT2D eigenvalue weighted by atomic mass is 16.5. The van der Waals surface area contributed by atoms with Crippen LogP contribution in [0.15, 0.2) is 42.5 Å². The molecule has 2 aromatic carbocycles. The molecule has 0 saturated carbocycles. The summed E-state index contributed by atoms with van der Waals surface area (Å²) in [5.74, 6) is 1.29. The Labute approximate surface area is 143 Å². The van der Waals surface area contributed by atoms with Crippen LogP contribution in [0.2, 0.25) is 0 Å². The summed E-state index contributed by atoms with van der Waals surface area (Å²) in [6.45, 7) is 4.13. The van der Waals surface area contributed by atoms with E-state index in [-0.39, 0.29) is 11.9 Å². The van der Waals surface area contributed by atoms with Gasteiger partial charge in [0.25, 0.3) is 0 Å². The minimum atomic E-state index is -0.00496. The lowest BCUT2D eigenvalue weighted by atomic mass is 10.0. The lowest BCUT2D eigenvalue weighted by molar-refractivity contribution is -0.121. The minimum absolute atomic E-state index is 0.00496. The fourth-order valence-electron chi connectivity index (χ4n) is 2.64. The molecule has 0 saturated heterocycles. The van der Waals surface area contributed by atoms with Gasteiger partial charge in [-0.15, -0.1) is 0 Å². The number of nitrogens with one attached hydrogen (secondary N) is 1. The molecule has 0 spiro atoms. The molecule has 4 heteroatoms. The largest absolute Gasteiger partial charge is 0.493 e. The average Bonchev–Trinajstić information content (AvgIpc) is 2.60. The van der Waals surface area contributed by atoms with Gasteiger partial charge in [0, 0.05) is 0 Å². The first-order valence-corrected chi connectivity index (χ1v) is 8.14. The molecule has 0 heterocycles. The summed E-state index contributed by atoms with van der Waals surface area (Å²) < 4.78 is 10.5. The second-order valence-corrected chi connectivity index (χ2v) is 5.81. The molecule has 24 heavy (non-hydrogen) atoms. The highest BCUT2D eigenvalue weighted by Gasteiger charge is 2.14. The zero-order chi connectivity index (χ0) is 17.5. The van der Waals surface area contributed by atoms with Gasteiger partial charge < -0.3 is 14.8 Å². The number of benzene rings is 2. The first-order chi connectivity index (χ1) is 11.6. The van der Waals surface area contributed by atoms with E-state index in [0.717, 1.165) is 17.5 Å². The molecule has 128 valence electrons. The Morgan fingerprint density at radius 3 is 2.29 bits per heavy atom. The van der Waals surface area contributed by atoms with Gasteiger partial charge in [0.1, 0.15) is 0 Å². The quantitative estimate of drug-likeness (QED) is 0.841. The maximum Gasteiger partial charge on any atom is 0.224 e. The Balaban J connectivity index is 2.05. The normalized spacial score (nSPS) is 11.7. The number of methoxy groups -OCH3 is 2. The standard InChI is InChI=1S/C20H25NO3/c1-5-17(16-9-6-14(2)7-10-16)21-20(22)13-15-8-11-18(23-3)19(12-15)24-4/h6-12,17H,5,13H2,1-4H3,(H,21,22). The van der Waals surface area contributed by atoms with Crippen LogP contribution in [0.4, 0.5) is 0 Å². The van der Waals surface area contributed by atoms with E-state index in [4.69, 9.17) is 9.47 Å². The smallest absolute Gasteiger partial charge is 0.224 e. The molecule has 1 amide bonds. The summed E-state index contributed by atoms with van der Waals surface area (Å²) >= 11 is 0. The second-order valence-electron chi connectivity index (χ2n) is 5.81. The van der Waals surface area contributed by atoms with Crippen molar-refractivity contribution >= 4 is 5.91 Å². The third-order valence-corrected chi connectivity index (χ3v) is 4.04. The van der Waals surface area contributed by atoms with Gasteiger partial charge in [-0.3, -0.25) is 4.79 Å². The van der Waals surface area contributed by atoms with Crippen LogP contribution in [0.25, 0.3) is 0 Å². The van der Waals surface area contributed by atoms with Gasteiger partial charge in [-0.05, 0) is 36.6 Å². The van der Waals surface area contributed by atoms with Crippen molar-refractivity contribution in [3.63, 3.8) is 0 Å². The van der Waals surface area contributed by atoms with Gasteiger partial charge in [0.15, 0.2) is 11.5 Å². The predicted octanol–water partition coefficient (Wildman–Crippen LogP) is 3.82. The molecule has 1 N–H and O–H groups in total. The number of amides is 1. The van der Waals surface area contributed by atoms with Crippen LogP contribution in [0.5, 0.6) is 11.5 Å². The number of hydrogen-bond acceptors (Lipinski definition) is 3. The van der Waals surface area contributed by atoms with Crippen LogP contribution in [0.1, 0.15) is 36.1 Å². The molecule has 4 nitrogen and oxygen atoms in total. The Kier molecular flexibility index (Phi) is 6.24. The third kappa shape index (κ3) is 4.51. The molecule has 1 atom stereocenters. The molecule has 0 radical (unpaired) electrons. The van der Waals surface area contributed by atoms with Gasteiger partial charge in [-0.2, -0.15) is 0 Å². The lowest BCUT2D eigenvalue weighted by Crippen LogP contribution is -2.29. The van der Waals surface area contributed by atoms with E-state index in [2.05, 4.69) is 43.4 Å². The van der Waals surface area contributed by atoms with Crippen LogP contribution in [0.3, 0.4) is 0 Å². The maximum absolute atomic E-state index is 12.4. The lowest BCUT2D eigenvalue weighted by Gasteiger charge is -2.18. The van der Waals surface area contributed by atoms with Gasteiger partial charge >= 0.3 is 0 Å². The minimum Gasteiger partial charge on any atom is -0.493 e. The van der Waals surface area contributed by atoms with Gasteiger partial charge in [-0.1, -0.05) is 42.8 Å². The van der Waals surface area contributed by atoms with E-state index in [1.165, 1.54) is 5.56 Å². The van der Waals surface area contributed by atoms with Crippen molar-refractivity contribution in [2.75, 3.05) is 14.2 Å². The van der Waals surface area contributed by atoms with E-state index in [0.29, 0.717) is 17.9 Å². The Bertz CT molecular complexity index is 680. The second kappa shape index (κ2) is 8.39. The molecule has 0 aliphatic carbocycles. The topological polar surface area (TPSA) is 47.6 Å². The molecular weight excluding hydrogens is 302 g/mol. The fourth-order valence-corrected chi connectivity index (χ4v) is 2.64. The van der Waals surface area contributed by atoms with E-state index in [9.17, 15) is 4.79 Å². The third-order valence-electron chi connectivity index (χ3n) is 4.04. The SMILES string of the molecule is CCC(NC(=O)Cc1ccc(OC)c(OC)c1)c1ccc(C)cc1. The van der Waals surface area contributed by atoms with Gasteiger partial charge in [0.2, 0.25) is 5.91 Å². The molecule has 0 aliphatic heterocycles. The van der Waals surface area contributed by atoms with Crippen molar-refractivity contribution in [3.8, 4) is 11.5 Å². The molecule has 0 bridgehead atoms. The Morgan fingerprint density at radius 1 is 1.04 bits per heavy atom. The monoisotopic (exact) mass is 327 g/mol. The summed E-state index contributed by atoms with van der Waals surface area (Å²) in [4.78, 5) is 12.4. The first kappa shape index (κ1) is 17.9. The van der Waals surface area contributed by atoms with E-state index in [1.54, 1.807) is 14.2 Å². The molecule has 1 unspecified atom stereocenters. The maximum atomic E-state index is 12.4. The molecule has 0 aromatic heterocycles. The predicted molar refractivity (Wildman–Crippen MR) is 95.6 cm³/mol. The van der Waals surface area contributed by atoms with Crippen molar-refractivity contribution in [2.24, 2.45) is 0 Å². The molecule has 0 fully saturated rings. The van der Waals surface area contributed by atoms with Crippen LogP contribution in [-0.4, -0.2) is 20.1 Å².